The summed E-state index contributed by atoms with van der Waals surface area (Å²) in [5.74, 6) is -0.490. The number of carbonyl (C=O) groups is 1. The average Bonchev–Trinajstić information content (AvgIpc) is 2.70. The standard InChI is InChI=1S/C15H20N2O4S/c1-9-11(8-13(16)15(18)21-3)12-7-10(22(4,19)20)5-6-14(12)17(9)2/h5-7,13H,8,16H2,1-4H3. The number of methoxy groups -OCH3 is 1. The Bertz CT molecular complexity index is 837. The molecule has 0 bridgehead atoms. The van der Waals surface area contributed by atoms with Gasteiger partial charge in [-0.1, -0.05) is 0 Å². The van der Waals surface area contributed by atoms with Crippen molar-refractivity contribution in [3.63, 3.8) is 0 Å². The number of aryl methyl sites for hydroxylation is 1. The van der Waals surface area contributed by atoms with E-state index < -0.39 is 21.8 Å². The molecule has 2 aromatic rings. The molecule has 0 radical (unpaired) electrons. The topological polar surface area (TPSA) is 91.4 Å². The highest BCUT2D eigenvalue weighted by Gasteiger charge is 2.21. The Morgan fingerprint density at radius 1 is 1.41 bits per heavy atom. The number of nitrogens with two attached hydrogens (primary N) is 1. The van der Waals surface area contributed by atoms with Crippen molar-refractivity contribution in [2.45, 2.75) is 24.3 Å². The van der Waals surface area contributed by atoms with Gasteiger partial charge in [0.25, 0.3) is 0 Å². The zero-order valence-corrected chi connectivity index (χ0v) is 13.9. The zero-order valence-electron chi connectivity index (χ0n) is 13.1. The first kappa shape index (κ1) is 16.5. The molecular formula is C15H20N2O4S. The maximum atomic E-state index is 11.8. The van der Waals surface area contributed by atoms with E-state index in [4.69, 9.17) is 5.73 Å². The van der Waals surface area contributed by atoms with Gasteiger partial charge >= 0.3 is 5.97 Å². The fourth-order valence-corrected chi connectivity index (χ4v) is 3.22. The van der Waals surface area contributed by atoms with Crippen LogP contribution in [0.2, 0.25) is 0 Å². The van der Waals surface area contributed by atoms with Gasteiger partial charge in [-0.15, -0.1) is 0 Å². The Labute approximate surface area is 129 Å². The SMILES string of the molecule is COC(=O)C(N)Cc1c(C)n(C)c2ccc(S(C)(=O)=O)cc12. The molecule has 2 rings (SSSR count). The molecule has 0 saturated carbocycles. The molecule has 6 nitrogen and oxygen atoms in total. The second-order valence-electron chi connectivity index (χ2n) is 5.41. The Hall–Kier alpha value is -1.86. The van der Waals surface area contributed by atoms with Crippen LogP contribution in [0.1, 0.15) is 11.3 Å². The van der Waals surface area contributed by atoms with E-state index in [0.29, 0.717) is 6.42 Å². The minimum absolute atomic E-state index is 0.249. The first-order chi connectivity index (χ1) is 10.2. The number of sulfone groups is 1. The predicted octanol–water partition coefficient (Wildman–Crippen LogP) is 0.933. The Morgan fingerprint density at radius 2 is 2.05 bits per heavy atom. The van der Waals surface area contributed by atoms with E-state index in [9.17, 15) is 13.2 Å². The molecule has 0 aliphatic heterocycles. The van der Waals surface area contributed by atoms with Crippen LogP contribution in [0.15, 0.2) is 23.1 Å². The molecule has 1 heterocycles. The van der Waals surface area contributed by atoms with Crippen molar-refractivity contribution < 1.29 is 17.9 Å². The van der Waals surface area contributed by atoms with Crippen molar-refractivity contribution in [2.24, 2.45) is 12.8 Å². The molecule has 0 fully saturated rings. The Kier molecular flexibility index (Phi) is 4.30. The molecule has 120 valence electrons. The first-order valence-electron chi connectivity index (χ1n) is 6.78. The van der Waals surface area contributed by atoms with Crippen molar-refractivity contribution in [1.29, 1.82) is 0 Å². The van der Waals surface area contributed by atoms with Gasteiger partial charge in [-0.2, -0.15) is 0 Å². The number of carbonyl (C=O) groups excluding carboxylic acids is 1. The third-order valence-corrected chi connectivity index (χ3v) is 5.06. The summed E-state index contributed by atoms with van der Waals surface area (Å²) in [4.78, 5) is 11.8. The van der Waals surface area contributed by atoms with Crippen molar-refractivity contribution in [1.82, 2.24) is 4.57 Å². The van der Waals surface area contributed by atoms with E-state index in [-0.39, 0.29) is 4.90 Å². The third-order valence-electron chi connectivity index (χ3n) is 3.95. The molecular weight excluding hydrogens is 304 g/mol. The molecule has 1 aromatic carbocycles. The van der Waals surface area contributed by atoms with Crippen LogP contribution in [-0.2, 0) is 32.8 Å². The smallest absolute Gasteiger partial charge is 0.322 e. The molecule has 7 heteroatoms. The number of rotatable bonds is 4. The lowest BCUT2D eigenvalue weighted by Gasteiger charge is -2.10. The summed E-state index contributed by atoms with van der Waals surface area (Å²) >= 11 is 0. The highest BCUT2D eigenvalue weighted by atomic mass is 32.2. The maximum Gasteiger partial charge on any atom is 0.322 e. The van der Waals surface area contributed by atoms with Gasteiger partial charge in [0, 0.05) is 36.3 Å². The number of esters is 1. The van der Waals surface area contributed by atoms with Gasteiger partial charge in [0.15, 0.2) is 9.84 Å². The van der Waals surface area contributed by atoms with Crippen LogP contribution in [0.25, 0.3) is 10.9 Å². The van der Waals surface area contributed by atoms with Crippen LogP contribution in [0.5, 0.6) is 0 Å². The van der Waals surface area contributed by atoms with Gasteiger partial charge in [-0.3, -0.25) is 4.79 Å². The van der Waals surface area contributed by atoms with Crippen LogP contribution >= 0.6 is 0 Å². The van der Waals surface area contributed by atoms with Crippen LogP contribution in [0, 0.1) is 6.92 Å². The molecule has 0 aliphatic carbocycles. The van der Waals surface area contributed by atoms with Gasteiger partial charge in [0.1, 0.15) is 6.04 Å². The minimum Gasteiger partial charge on any atom is -0.468 e. The molecule has 1 atom stereocenters. The van der Waals surface area contributed by atoms with Crippen molar-refractivity contribution in [2.75, 3.05) is 13.4 Å². The normalized spacial score (nSPS) is 13.3. The van der Waals surface area contributed by atoms with Gasteiger partial charge in [0.05, 0.1) is 12.0 Å². The Balaban J connectivity index is 2.62. The van der Waals surface area contributed by atoms with Crippen molar-refractivity contribution in [3.8, 4) is 0 Å². The molecule has 0 amide bonds. The summed E-state index contributed by atoms with van der Waals surface area (Å²) < 4.78 is 30.1. The van der Waals surface area contributed by atoms with E-state index in [1.54, 1.807) is 18.2 Å². The van der Waals surface area contributed by atoms with Crippen molar-refractivity contribution in [3.05, 3.63) is 29.5 Å². The highest BCUT2D eigenvalue weighted by molar-refractivity contribution is 7.90. The van der Waals surface area contributed by atoms with Gasteiger partial charge < -0.3 is 15.0 Å². The number of ether oxygens (including phenoxy) is 1. The quantitative estimate of drug-likeness (QED) is 0.845. The van der Waals surface area contributed by atoms with Crippen LogP contribution in [0.4, 0.5) is 0 Å². The lowest BCUT2D eigenvalue weighted by atomic mass is 10.0. The van der Waals surface area contributed by atoms with E-state index in [0.717, 1.165) is 22.2 Å². The van der Waals surface area contributed by atoms with Crippen molar-refractivity contribution >= 4 is 26.7 Å². The number of benzene rings is 1. The minimum atomic E-state index is -3.30. The largest absolute Gasteiger partial charge is 0.468 e. The number of nitrogens with zero attached hydrogens (tertiary/aromatic N) is 1. The fourth-order valence-electron chi connectivity index (χ4n) is 2.57. The summed E-state index contributed by atoms with van der Waals surface area (Å²) in [6, 6.07) is 4.21. The lowest BCUT2D eigenvalue weighted by Crippen LogP contribution is -2.33. The summed E-state index contributed by atoms with van der Waals surface area (Å²) in [6.07, 6.45) is 1.47. The second kappa shape index (κ2) is 5.73. The van der Waals surface area contributed by atoms with Crippen LogP contribution in [-0.4, -0.2) is 38.4 Å². The van der Waals surface area contributed by atoms with Crippen LogP contribution in [0.3, 0.4) is 0 Å². The predicted molar refractivity (Wildman–Crippen MR) is 84.5 cm³/mol. The molecule has 22 heavy (non-hydrogen) atoms. The summed E-state index contributed by atoms with van der Waals surface area (Å²) in [5.41, 5.74) is 8.56. The number of hydrogen-bond donors (Lipinski definition) is 1. The zero-order chi connectivity index (χ0) is 16.7. The maximum absolute atomic E-state index is 11.8. The molecule has 0 aliphatic rings. The van der Waals surface area contributed by atoms with E-state index in [1.165, 1.54) is 13.4 Å². The number of hydrogen-bond acceptors (Lipinski definition) is 5. The fraction of sp³-hybridized carbons (Fsp3) is 0.400. The van der Waals surface area contributed by atoms with E-state index >= 15 is 0 Å². The average molecular weight is 324 g/mol. The first-order valence-corrected chi connectivity index (χ1v) is 8.67. The third kappa shape index (κ3) is 2.86. The summed E-state index contributed by atoms with van der Waals surface area (Å²) in [7, 11) is -0.111. The van der Waals surface area contributed by atoms with E-state index in [1.807, 2.05) is 18.5 Å². The highest BCUT2D eigenvalue weighted by Crippen LogP contribution is 2.28. The molecule has 0 spiro atoms. The molecule has 2 N–H and O–H groups in total. The van der Waals surface area contributed by atoms with Gasteiger partial charge in [-0.25, -0.2) is 8.42 Å². The molecule has 1 aromatic heterocycles. The number of aromatic nitrogens is 1. The van der Waals surface area contributed by atoms with Crippen LogP contribution < -0.4 is 5.73 Å². The summed E-state index contributed by atoms with van der Waals surface area (Å²) in [5, 5.41) is 0.794. The van der Waals surface area contributed by atoms with E-state index in [2.05, 4.69) is 4.74 Å². The molecule has 1 unspecified atom stereocenters. The summed E-state index contributed by atoms with van der Waals surface area (Å²) in [6.45, 7) is 1.92. The molecule has 0 saturated heterocycles. The second-order valence-corrected chi connectivity index (χ2v) is 7.42. The lowest BCUT2D eigenvalue weighted by molar-refractivity contribution is -0.142. The van der Waals surface area contributed by atoms with Gasteiger partial charge in [0.2, 0.25) is 0 Å². The monoisotopic (exact) mass is 324 g/mol. The van der Waals surface area contributed by atoms with Gasteiger partial charge in [-0.05, 0) is 30.7 Å². The number of fused-ring (bicyclic) bond motifs is 1. The Morgan fingerprint density at radius 3 is 2.59 bits per heavy atom.